The Hall–Kier alpha value is -1.80. The number of aryl methyl sites for hydroxylation is 2. The highest BCUT2D eigenvalue weighted by molar-refractivity contribution is 5.28. The van der Waals surface area contributed by atoms with Gasteiger partial charge < -0.3 is 10.1 Å². The predicted octanol–water partition coefficient (Wildman–Crippen LogP) is 3.60. The van der Waals surface area contributed by atoms with Crippen LogP contribution < -0.4 is 10.1 Å². The molecule has 1 heterocycles. The number of benzene rings is 2. The van der Waals surface area contributed by atoms with Gasteiger partial charge in [0.25, 0.3) is 0 Å². The zero-order chi connectivity index (χ0) is 14.3. The maximum Gasteiger partial charge on any atom is 0.119 e. The first-order chi connectivity index (χ1) is 10.4. The summed E-state index contributed by atoms with van der Waals surface area (Å²) in [6.07, 6.45) is 4.67. The Bertz CT molecular complexity index is 529. The first-order valence-corrected chi connectivity index (χ1v) is 7.89. The summed E-state index contributed by atoms with van der Waals surface area (Å²) in [5.74, 6) is 0.979. The molecule has 0 unspecified atom stereocenters. The van der Waals surface area contributed by atoms with Crippen molar-refractivity contribution in [2.24, 2.45) is 0 Å². The molecule has 1 saturated heterocycles. The van der Waals surface area contributed by atoms with Crippen molar-refractivity contribution in [3.8, 4) is 5.75 Å². The molecule has 0 bridgehead atoms. The monoisotopic (exact) mass is 281 g/mol. The molecule has 1 aliphatic heterocycles. The highest BCUT2D eigenvalue weighted by atomic mass is 16.5. The largest absolute Gasteiger partial charge is 0.492 e. The Kier molecular flexibility index (Phi) is 4.90. The molecule has 21 heavy (non-hydrogen) atoms. The van der Waals surface area contributed by atoms with E-state index in [9.17, 15) is 0 Å². The number of hydrogen-bond donors (Lipinski definition) is 1. The lowest BCUT2D eigenvalue weighted by Gasteiger charge is -2.12. The summed E-state index contributed by atoms with van der Waals surface area (Å²) < 4.78 is 5.85. The van der Waals surface area contributed by atoms with Crippen LogP contribution in [0.5, 0.6) is 5.75 Å². The van der Waals surface area contributed by atoms with Crippen LogP contribution in [0.1, 0.15) is 24.0 Å². The van der Waals surface area contributed by atoms with Gasteiger partial charge in [-0.05, 0) is 55.5 Å². The van der Waals surface area contributed by atoms with Gasteiger partial charge in [-0.25, -0.2) is 0 Å². The van der Waals surface area contributed by atoms with Crippen LogP contribution in [0.25, 0.3) is 0 Å². The lowest BCUT2D eigenvalue weighted by molar-refractivity contribution is 0.277. The Morgan fingerprint density at radius 2 is 1.62 bits per heavy atom. The molecule has 0 aliphatic carbocycles. The van der Waals surface area contributed by atoms with Crippen LogP contribution in [0.2, 0.25) is 0 Å². The Morgan fingerprint density at radius 1 is 0.905 bits per heavy atom. The number of nitrogens with one attached hydrogen (secondary N) is 1. The summed E-state index contributed by atoms with van der Waals surface area (Å²) in [5, 5.41) is 3.45. The normalized spacial score (nSPS) is 17.8. The van der Waals surface area contributed by atoms with E-state index >= 15 is 0 Å². The summed E-state index contributed by atoms with van der Waals surface area (Å²) in [5.41, 5.74) is 2.76. The van der Waals surface area contributed by atoms with E-state index in [-0.39, 0.29) is 0 Å². The van der Waals surface area contributed by atoms with Gasteiger partial charge in [0.15, 0.2) is 0 Å². The van der Waals surface area contributed by atoms with Gasteiger partial charge in [0.05, 0.1) is 0 Å². The molecule has 0 aromatic heterocycles. The molecule has 2 heteroatoms. The van der Waals surface area contributed by atoms with Crippen molar-refractivity contribution in [3.05, 3.63) is 65.7 Å². The SMILES string of the molecule is c1ccc(CCc2ccc(OC[C@H]3CCCN3)cc2)cc1. The molecule has 1 fully saturated rings. The molecule has 110 valence electrons. The van der Waals surface area contributed by atoms with Crippen molar-refractivity contribution in [1.29, 1.82) is 0 Å². The standard InChI is InChI=1S/C19H23NO/c1-2-5-16(6-3-1)8-9-17-10-12-19(13-11-17)21-15-18-7-4-14-20-18/h1-3,5-6,10-13,18,20H,4,7-9,14-15H2/t18-/m1/s1. The average Bonchev–Trinajstić information content (AvgIpc) is 3.06. The van der Waals surface area contributed by atoms with Crippen molar-refractivity contribution < 1.29 is 4.74 Å². The molecule has 0 amide bonds. The van der Waals surface area contributed by atoms with Gasteiger partial charge in [-0.1, -0.05) is 42.5 Å². The van der Waals surface area contributed by atoms with Gasteiger partial charge in [-0.15, -0.1) is 0 Å². The van der Waals surface area contributed by atoms with Crippen LogP contribution in [-0.4, -0.2) is 19.2 Å². The predicted molar refractivity (Wildman–Crippen MR) is 86.8 cm³/mol. The van der Waals surface area contributed by atoms with Crippen LogP contribution in [0.15, 0.2) is 54.6 Å². The summed E-state index contributed by atoms with van der Waals surface area (Å²) in [7, 11) is 0. The minimum Gasteiger partial charge on any atom is -0.492 e. The minimum absolute atomic E-state index is 0.530. The van der Waals surface area contributed by atoms with Crippen molar-refractivity contribution >= 4 is 0 Å². The number of rotatable bonds is 6. The first-order valence-electron chi connectivity index (χ1n) is 7.89. The van der Waals surface area contributed by atoms with Gasteiger partial charge >= 0.3 is 0 Å². The van der Waals surface area contributed by atoms with Gasteiger partial charge in [-0.3, -0.25) is 0 Å². The molecular weight excluding hydrogens is 258 g/mol. The molecular formula is C19H23NO. The van der Waals surface area contributed by atoms with E-state index < -0.39 is 0 Å². The first kappa shape index (κ1) is 14.2. The molecule has 0 saturated carbocycles. The molecule has 2 aromatic rings. The van der Waals surface area contributed by atoms with Gasteiger partial charge in [0.1, 0.15) is 12.4 Å². The minimum atomic E-state index is 0.530. The van der Waals surface area contributed by atoms with E-state index in [0.29, 0.717) is 6.04 Å². The second-order valence-corrected chi connectivity index (χ2v) is 5.73. The number of hydrogen-bond acceptors (Lipinski definition) is 2. The third-order valence-electron chi connectivity index (χ3n) is 4.08. The van der Waals surface area contributed by atoms with Crippen molar-refractivity contribution in [1.82, 2.24) is 5.32 Å². The molecule has 2 nitrogen and oxygen atoms in total. The fourth-order valence-corrected chi connectivity index (χ4v) is 2.78. The van der Waals surface area contributed by atoms with E-state index in [2.05, 4.69) is 59.9 Å². The van der Waals surface area contributed by atoms with Crippen LogP contribution in [-0.2, 0) is 12.8 Å². The van der Waals surface area contributed by atoms with E-state index in [0.717, 1.165) is 31.7 Å². The maximum absolute atomic E-state index is 5.85. The lowest BCUT2D eigenvalue weighted by Crippen LogP contribution is -2.28. The molecule has 1 aliphatic rings. The maximum atomic E-state index is 5.85. The third kappa shape index (κ3) is 4.33. The highest BCUT2D eigenvalue weighted by Gasteiger charge is 2.14. The van der Waals surface area contributed by atoms with Crippen LogP contribution in [0.3, 0.4) is 0 Å². The van der Waals surface area contributed by atoms with Crippen LogP contribution in [0.4, 0.5) is 0 Å². The average molecular weight is 281 g/mol. The van der Waals surface area contributed by atoms with Gasteiger partial charge in [-0.2, -0.15) is 0 Å². The van der Waals surface area contributed by atoms with Crippen molar-refractivity contribution in [2.75, 3.05) is 13.2 Å². The Labute approximate surface area is 127 Å². The summed E-state index contributed by atoms with van der Waals surface area (Å²) in [6, 6.07) is 19.7. The number of ether oxygens (including phenoxy) is 1. The summed E-state index contributed by atoms with van der Waals surface area (Å²) in [6.45, 7) is 1.91. The third-order valence-corrected chi connectivity index (χ3v) is 4.08. The Balaban J connectivity index is 1.47. The van der Waals surface area contributed by atoms with Gasteiger partial charge in [0.2, 0.25) is 0 Å². The second-order valence-electron chi connectivity index (χ2n) is 5.73. The second kappa shape index (κ2) is 7.28. The topological polar surface area (TPSA) is 21.3 Å². The molecule has 0 spiro atoms. The zero-order valence-corrected chi connectivity index (χ0v) is 12.4. The van der Waals surface area contributed by atoms with Crippen LogP contribution >= 0.6 is 0 Å². The summed E-state index contributed by atoms with van der Waals surface area (Å²) >= 11 is 0. The summed E-state index contributed by atoms with van der Waals surface area (Å²) in [4.78, 5) is 0. The highest BCUT2D eigenvalue weighted by Crippen LogP contribution is 2.15. The van der Waals surface area contributed by atoms with E-state index in [1.54, 1.807) is 0 Å². The van der Waals surface area contributed by atoms with E-state index in [1.807, 2.05) is 0 Å². The fourth-order valence-electron chi connectivity index (χ4n) is 2.78. The van der Waals surface area contributed by atoms with E-state index in [4.69, 9.17) is 4.74 Å². The van der Waals surface area contributed by atoms with Crippen molar-refractivity contribution in [2.45, 2.75) is 31.7 Å². The van der Waals surface area contributed by atoms with Crippen molar-refractivity contribution in [3.63, 3.8) is 0 Å². The lowest BCUT2D eigenvalue weighted by atomic mass is 10.0. The zero-order valence-electron chi connectivity index (χ0n) is 12.4. The molecule has 2 aromatic carbocycles. The van der Waals surface area contributed by atoms with Crippen LogP contribution in [0, 0.1) is 0 Å². The fraction of sp³-hybridized carbons (Fsp3) is 0.368. The quantitative estimate of drug-likeness (QED) is 0.873. The molecule has 1 N–H and O–H groups in total. The molecule has 1 atom stereocenters. The molecule has 3 rings (SSSR count). The Morgan fingerprint density at radius 3 is 2.29 bits per heavy atom. The molecule has 0 radical (unpaired) electrons. The smallest absolute Gasteiger partial charge is 0.119 e. The van der Waals surface area contributed by atoms with Gasteiger partial charge in [0, 0.05) is 6.04 Å². The van der Waals surface area contributed by atoms with E-state index in [1.165, 1.54) is 24.0 Å².